The van der Waals surface area contributed by atoms with Gasteiger partial charge in [-0.2, -0.15) is 0 Å². The van der Waals surface area contributed by atoms with Gasteiger partial charge in [0.1, 0.15) is 0 Å². The summed E-state index contributed by atoms with van der Waals surface area (Å²) in [6.45, 7) is 6.64. The zero-order valence-corrected chi connectivity index (χ0v) is 7.17. The Labute approximate surface area is 63.4 Å². The summed E-state index contributed by atoms with van der Waals surface area (Å²) < 4.78 is 0. The van der Waals surface area contributed by atoms with Gasteiger partial charge in [0.25, 0.3) is 0 Å². The van der Waals surface area contributed by atoms with Crippen molar-refractivity contribution in [3.63, 3.8) is 0 Å². The van der Waals surface area contributed by atoms with Crippen LogP contribution in [0.2, 0.25) is 0 Å². The van der Waals surface area contributed by atoms with Gasteiger partial charge < -0.3 is 5.11 Å². The highest BCUT2D eigenvalue weighted by molar-refractivity contribution is 4.81. The Bertz CT molecular complexity index is 99.3. The molecule has 1 rings (SSSR count). The van der Waals surface area contributed by atoms with Gasteiger partial charge in [-0.1, -0.05) is 20.8 Å². The average molecular weight is 142 g/mol. The highest BCUT2D eigenvalue weighted by Crippen LogP contribution is 2.35. The summed E-state index contributed by atoms with van der Waals surface area (Å²) in [5, 5.41) is 9.42. The molecule has 1 fully saturated rings. The fourth-order valence-electron chi connectivity index (χ4n) is 1.82. The van der Waals surface area contributed by atoms with E-state index in [9.17, 15) is 5.11 Å². The maximum Gasteiger partial charge on any atom is 0.0568 e. The Hall–Kier alpha value is -0.0400. The SMILES string of the molecule is CC(C)[C@H]1C[C@@H](C)[C@@H](O)C1. The van der Waals surface area contributed by atoms with Crippen LogP contribution in [0.3, 0.4) is 0 Å². The third kappa shape index (κ3) is 1.51. The van der Waals surface area contributed by atoms with Crippen LogP contribution in [0.15, 0.2) is 0 Å². The van der Waals surface area contributed by atoms with Crippen molar-refractivity contribution in [1.82, 2.24) is 0 Å². The van der Waals surface area contributed by atoms with Crippen LogP contribution >= 0.6 is 0 Å². The maximum absolute atomic E-state index is 9.42. The zero-order valence-electron chi connectivity index (χ0n) is 7.17. The molecule has 0 aromatic carbocycles. The molecule has 0 aromatic rings. The van der Waals surface area contributed by atoms with Gasteiger partial charge in [0.2, 0.25) is 0 Å². The fraction of sp³-hybridized carbons (Fsp3) is 1.00. The van der Waals surface area contributed by atoms with Crippen molar-refractivity contribution in [2.75, 3.05) is 0 Å². The second-order valence-corrected chi connectivity index (χ2v) is 4.02. The summed E-state index contributed by atoms with van der Waals surface area (Å²) in [4.78, 5) is 0. The van der Waals surface area contributed by atoms with E-state index in [0.717, 1.165) is 18.3 Å². The van der Waals surface area contributed by atoms with Gasteiger partial charge in [0, 0.05) is 0 Å². The van der Waals surface area contributed by atoms with Crippen molar-refractivity contribution >= 4 is 0 Å². The largest absolute Gasteiger partial charge is 0.393 e. The van der Waals surface area contributed by atoms with Crippen LogP contribution < -0.4 is 0 Å². The highest BCUT2D eigenvalue weighted by atomic mass is 16.3. The molecule has 1 nitrogen and oxygen atoms in total. The topological polar surface area (TPSA) is 20.2 Å². The Morgan fingerprint density at radius 3 is 2.10 bits per heavy atom. The Kier molecular flexibility index (Phi) is 2.35. The molecule has 0 spiro atoms. The lowest BCUT2D eigenvalue weighted by atomic mass is 9.94. The van der Waals surface area contributed by atoms with E-state index in [2.05, 4.69) is 20.8 Å². The van der Waals surface area contributed by atoms with Crippen LogP contribution in [0.5, 0.6) is 0 Å². The van der Waals surface area contributed by atoms with E-state index in [-0.39, 0.29) is 6.10 Å². The first-order valence-electron chi connectivity index (χ1n) is 4.29. The van der Waals surface area contributed by atoms with Crippen molar-refractivity contribution in [1.29, 1.82) is 0 Å². The van der Waals surface area contributed by atoms with Crippen molar-refractivity contribution in [2.45, 2.75) is 39.7 Å². The Morgan fingerprint density at radius 2 is 1.90 bits per heavy atom. The first-order chi connectivity index (χ1) is 4.61. The van der Waals surface area contributed by atoms with Gasteiger partial charge in [-0.25, -0.2) is 0 Å². The van der Waals surface area contributed by atoms with Gasteiger partial charge in [-0.15, -0.1) is 0 Å². The number of aliphatic hydroxyl groups is 1. The molecule has 0 radical (unpaired) electrons. The van der Waals surface area contributed by atoms with E-state index in [1.165, 1.54) is 6.42 Å². The third-order valence-electron chi connectivity index (χ3n) is 2.82. The van der Waals surface area contributed by atoms with Crippen LogP contribution in [-0.2, 0) is 0 Å². The van der Waals surface area contributed by atoms with Gasteiger partial charge in [0.15, 0.2) is 0 Å². The molecular weight excluding hydrogens is 124 g/mol. The average Bonchev–Trinajstić information content (AvgIpc) is 2.13. The van der Waals surface area contributed by atoms with E-state index < -0.39 is 0 Å². The summed E-state index contributed by atoms with van der Waals surface area (Å²) in [7, 11) is 0. The van der Waals surface area contributed by atoms with E-state index >= 15 is 0 Å². The minimum atomic E-state index is -0.0209. The molecule has 1 aliphatic rings. The smallest absolute Gasteiger partial charge is 0.0568 e. The zero-order chi connectivity index (χ0) is 7.72. The van der Waals surface area contributed by atoms with Crippen molar-refractivity contribution in [3.8, 4) is 0 Å². The first-order valence-corrected chi connectivity index (χ1v) is 4.29. The van der Waals surface area contributed by atoms with E-state index in [1.54, 1.807) is 0 Å². The summed E-state index contributed by atoms with van der Waals surface area (Å²) in [5.41, 5.74) is 0. The molecule has 0 unspecified atom stereocenters. The lowest BCUT2D eigenvalue weighted by molar-refractivity contribution is 0.137. The quantitative estimate of drug-likeness (QED) is 0.594. The molecule has 0 bridgehead atoms. The molecule has 0 heterocycles. The molecule has 0 saturated heterocycles. The molecule has 60 valence electrons. The van der Waals surface area contributed by atoms with Crippen LogP contribution in [-0.4, -0.2) is 11.2 Å². The molecule has 0 amide bonds. The number of rotatable bonds is 1. The predicted molar refractivity (Wildman–Crippen MR) is 42.7 cm³/mol. The molecule has 3 atom stereocenters. The van der Waals surface area contributed by atoms with Crippen LogP contribution in [0.25, 0.3) is 0 Å². The molecule has 0 aromatic heterocycles. The minimum absolute atomic E-state index is 0.0209. The minimum Gasteiger partial charge on any atom is -0.393 e. The third-order valence-corrected chi connectivity index (χ3v) is 2.82. The summed E-state index contributed by atoms with van der Waals surface area (Å²) >= 11 is 0. The molecular formula is C9H18O. The molecule has 1 saturated carbocycles. The van der Waals surface area contributed by atoms with Crippen LogP contribution in [0.1, 0.15) is 33.6 Å². The number of aliphatic hydroxyl groups excluding tert-OH is 1. The number of hydrogen-bond donors (Lipinski definition) is 1. The lowest BCUT2D eigenvalue weighted by Crippen LogP contribution is -2.08. The van der Waals surface area contributed by atoms with Crippen LogP contribution in [0, 0.1) is 17.8 Å². The molecule has 1 heteroatoms. The van der Waals surface area contributed by atoms with E-state index in [1.807, 2.05) is 0 Å². The van der Waals surface area contributed by atoms with Gasteiger partial charge in [-0.05, 0) is 30.6 Å². The van der Waals surface area contributed by atoms with Crippen molar-refractivity contribution < 1.29 is 5.11 Å². The van der Waals surface area contributed by atoms with Crippen LogP contribution in [0.4, 0.5) is 0 Å². The second-order valence-electron chi connectivity index (χ2n) is 4.02. The lowest BCUT2D eigenvalue weighted by Gasteiger charge is -2.12. The summed E-state index contributed by atoms with van der Waals surface area (Å²) in [6, 6.07) is 0. The monoisotopic (exact) mass is 142 g/mol. The molecule has 1 N–H and O–H groups in total. The summed E-state index contributed by atoms with van der Waals surface area (Å²) in [6.07, 6.45) is 2.23. The van der Waals surface area contributed by atoms with E-state index in [4.69, 9.17) is 0 Å². The van der Waals surface area contributed by atoms with Gasteiger partial charge >= 0.3 is 0 Å². The normalized spacial score (nSPS) is 41.1. The fourth-order valence-corrected chi connectivity index (χ4v) is 1.82. The predicted octanol–water partition coefficient (Wildman–Crippen LogP) is 2.05. The van der Waals surface area contributed by atoms with Gasteiger partial charge in [0.05, 0.1) is 6.10 Å². The van der Waals surface area contributed by atoms with E-state index in [0.29, 0.717) is 5.92 Å². The number of hydrogen-bond acceptors (Lipinski definition) is 1. The van der Waals surface area contributed by atoms with Crippen molar-refractivity contribution in [3.05, 3.63) is 0 Å². The first kappa shape index (κ1) is 8.06. The maximum atomic E-state index is 9.42. The standard InChI is InChI=1S/C9H18O/c1-6(2)8-4-7(3)9(10)5-8/h6-10H,4-5H2,1-3H3/t7-,8+,9+/m1/s1. The Morgan fingerprint density at radius 1 is 1.30 bits per heavy atom. The Balaban J connectivity index is 2.41. The van der Waals surface area contributed by atoms with Crippen molar-refractivity contribution in [2.24, 2.45) is 17.8 Å². The van der Waals surface area contributed by atoms with Gasteiger partial charge in [-0.3, -0.25) is 0 Å². The highest BCUT2D eigenvalue weighted by Gasteiger charge is 2.30. The molecule has 10 heavy (non-hydrogen) atoms. The summed E-state index contributed by atoms with van der Waals surface area (Å²) in [5.74, 6) is 2.05. The molecule has 0 aliphatic heterocycles. The molecule has 1 aliphatic carbocycles. The second kappa shape index (κ2) is 2.91.